The molecule has 1 fully saturated rings. The van der Waals surface area contributed by atoms with E-state index in [0.717, 1.165) is 18.1 Å². The van der Waals surface area contributed by atoms with Crippen LogP contribution in [0.2, 0.25) is 0 Å². The highest BCUT2D eigenvalue weighted by Crippen LogP contribution is 2.37. The van der Waals surface area contributed by atoms with Crippen LogP contribution in [0.15, 0.2) is 5.16 Å². The third-order valence-corrected chi connectivity index (χ3v) is 3.35. The zero-order valence-electron chi connectivity index (χ0n) is 8.26. The van der Waals surface area contributed by atoms with Crippen LogP contribution in [0.25, 0.3) is 0 Å². The molecule has 14 heavy (non-hydrogen) atoms. The van der Waals surface area contributed by atoms with E-state index in [-0.39, 0.29) is 0 Å². The first-order valence-electron chi connectivity index (χ1n) is 4.96. The fourth-order valence-corrected chi connectivity index (χ4v) is 2.28. The molecule has 1 aromatic heterocycles. The monoisotopic (exact) mass is 213 g/mol. The largest absolute Gasteiger partial charge is 0.330 e. The molecular weight excluding hydrogens is 198 g/mol. The number of tetrazole rings is 1. The van der Waals surface area contributed by atoms with Crippen molar-refractivity contribution in [2.75, 3.05) is 6.54 Å². The lowest BCUT2D eigenvalue weighted by Crippen LogP contribution is -2.08. The Kier molecular flexibility index (Phi) is 3.02. The summed E-state index contributed by atoms with van der Waals surface area (Å²) in [5.41, 5.74) is 5.50. The molecule has 2 N–H and O–H groups in total. The second-order valence-corrected chi connectivity index (χ2v) is 5.05. The summed E-state index contributed by atoms with van der Waals surface area (Å²) in [5, 5.41) is 13.2. The summed E-state index contributed by atoms with van der Waals surface area (Å²) in [6, 6.07) is 0.553. The first-order chi connectivity index (χ1) is 6.81. The van der Waals surface area contributed by atoms with Crippen LogP contribution in [-0.4, -0.2) is 32.0 Å². The molecule has 0 aromatic carbocycles. The molecule has 0 amide bonds. The number of rotatable bonds is 5. The van der Waals surface area contributed by atoms with E-state index >= 15 is 0 Å². The van der Waals surface area contributed by atoms with Crippen molar-refractivity contribution < 1.29 is 0 Å². The van der Waals surface area contributed by atoms with Crippen molar-refractivity contribution in [1.29, 1.82) is 0 Å². The van der Waals surface area contributed by atoms with Crippen LogP contribution in [0.1, 0.15) is 32.2 Å². The zero-order chi connectivity index (χ0) is 9.97. The molecule has 0 bridgehead atoms. The normalized spacial score (nSPS) is 18.4. The summed E-state index contributed by atoms with van der Waals surface area (Å²) in [5.74, 6) is 0. The molecule has 5 nitrogen and oxygen atoms in total. The second kappa shape index (κ2) is 4.27. The Labute approximate surface area is 87.4 Å². The van der Waals surface area contributed by atoms with E-state index in [2.05, 4.69) is 22.4 Å². The minimum absolute atomic E-state index is 0.489. The topological polar surface area (TPSA) is 69.6 Å². The van der Waals surface area contributed by atoms with Crippen molar-refractivity contribution in [2.24, 2.45) is 5.73 Å². The van der Waals surface area contributed by atoms with Gasteiger partial charge >= 0.3 is 0 Å². The molecule has 2 rings (SSSR count). The van der Waals surface area contributed by atoms with Crippen LogP contribution in [0.4, 0.5) is 0 Å². The molecule has 0 aliphatic heterocycles. The lowest BCUT2D eigenvalue weighted by Gasteiger charge is -2.08. The molecule has 6 heteroatoms. The highest BCUT2D eigenvalue weighted by atomic mass is 32.2. The van der Waals surface area contributed by atoms with Gasteiger partial charge < -0.3 is 5.73 Å². The number of nitrogens with zero attached hydrogens (tertiary/aromatic N) is 4. The maximum atomic E-state index is 5.50. The van der Waals surface area contributed by atoms with Crippen molar-refractivity contribution in [3.05, 3.63) is 0 Å². The second-order valence-electron chi connectivity index (χ2n) is 3.64. The minimum Gasteiger partial charge on any atom is -0.330 e. The van der Waals surface area contributed by atoms with E-state index in [1.54, 1.807) is 11.8 Å². The summed E-state index contributed by atoms with van der Waals surface area (Å²) < 4.78 is 1.94. The van der Waals surface area contributed by atoms with Gasteiger partial charge in [0, 0.05) is 5.25 Å². The SMILES string of the molecule is CC(CCN)Sc1nnnn1C1CC1. The molecule has 1 aromatic rings. The van der Waals surface area contributed by atoms with Crippen molar-refractivity contribution >= 4 is 11.8 Å². The molecule has 1 aliphatic carbocycles. The van der Waals surface area contributed by atoms with Crippen molar-refractivity contribution in [3.8, 4) is 0 Å². The number of thioether (sulfide) groups is 1. The zero-order valence-corrected chi connectivity index (χ0v) is 9.07. The van der Waals surface area contributed by atoms with Crippen LogP contribution in [0.3, 0.4) is 0 Å². The number of hydrogen-bond acceptors (Lipinski definition) is 5. The Morgan fingerprint density at radius 1 is 1.64 bits per heavy atom. The summed E-state index contributed by atoms with van der Waals surface area (Å²) in [6.45, 7) is 2.88. The van der Waals surface area contributed by atoms with Gasteiger partial charge in [-0.2, -0.15) is 0 Å². The molecule has 78 valence electrons. The summed E-state index contributed by atoms with van der Waals surface area (Å²) in [4.78, 5) is 0. The minimum atomic E-state index is 0.489. The third-order valence-electron chi connectivity index (χ3n) is 2.24. The van der Waals surface area contributed by atoms with Gasteiger partial charge in [0.15, 0.2) is 0 Å². The highest BCUT2D eigenvalue weighted by molar-refractivity contribution is 7.99. The van der Waals surface area contributed by atoms with Crippen LogP contribution in [0.5, 0.6) is 0 Å². The van der Waals surface area contributed by atoms with E-state index in [1.165, 1.54) is 12.8 Å². The van der Waals surface area contributed by atoms with Gasteiger partial charge in [-0.15, -0.1) is 5.10 Å². The summed E-state index contributed by atoms with van der Waals surface area (Å²) >= 11 is 1.72. The molecule has 0 saturated heterocycles. The van der Waals surface area contributed by atoms with Crippen LogP contribution in [0, 0.1) is 0 Å². The molecule has 0 radical (unpaired) electrons. The molecule has 1 saturated carbocycles. The number of aromatic nitrogens is 4. The van der Waals surface area contributed by atoms with E-state index in [1.807, 2.05) is 4.68 Å². The fraction of sp³-hybridized carbons (Fsp3) is 0.875. The summed E-state index contributed by atoms with van der Waals surface area (Å²) in [7, 11) is 0. The molecule has 0 spiro atoms. The Balaban J connectivity index is 1.97. The first-order valence-corrected chi connectivity index (χ1v) is 5.84. The molecule has 1 unspecified atom stereocenters. The Hall–Kier alpha value is -0.620. The fourth-order valence-electron chi connectivity index (χ4n) is 1.28. The average Bonchev–Trinajstić information content (AvgIpc) is 2.89. The van der Waals surface area contributed by atoms with Gasteiger partial charge in [-0.1, -0.05) is 18.7 Å². The predicted molar refractivity (Wildman–Crippen MR) is 55.1 cm³/mol. The van der Waals surface area contributed by atoms with Gasteiger partial charge in [0.1, 0.15) is 0 Å². The van der Waals surface area contributed by atoms with E-state index in [4.69, 9.17) is 5.73 Å². The maximum absolute atomic E-state index is 5.50. The first kappa shape index (κ1) is 9.92. The van der Waals surface area contributed by atoms with Crippen LogP contribution in [-0.2, 0) is 0 Å². The van der Waals surface area contributed by atoms with Gasteiger partial charge in [-0.25, -0.2) is 4.68 Å². The predicted octanol–water partition coefficient (Wildman–Crippen LogP) is 0.837. The smallest absolute Gasteiger partial charge is 0.209 e. The van der Waals surface area contributed by atoms with Crippen LogP contribution >= 0.6 is 11.8 Å². The summed E-state index contributed by atoms with van der Waals surface area (Å²) in [6.07, 6.45) is 3.43. The van der Waals surface area contributed by atoms with Gasteiger partial charge in [0.2, 0.25) is 5.16 Å². The molecule has 1 heterocycles. The number of hydrogen-bond donors (Lipinski definition) is 1. The highest BCUT2D eigenvalue weighted by Gasteiger charge is 2.28. The lowest BCUT2D eigenvalue weighted by molar-refractivity contribution is 0.564. The molecule has 1 aliphatic rings. The van der Waals surface area contributed by atoms with Gasteiger partial charge in [-0.3, -0.25) is 0 Å². The van der Waals surface area contributed by atoms with E-state index in [0.29, 0.717) is 11.3 Å². The van der Waals surface area contributed by atoms with Crippen molar-refractivity contribution in [3.63, 3.8) is 0 Å². The third kappa shape index (κ3) is 2.24. The van der Waals surface area contributed by atoms with E-state index in [9.17, 15) is 0 Å². The Bertz CT molecular complexity index is 296. The average molecular weight is 213 g/mol. The van der Waals surface area contributed by atoms with Gasteiger partial charge in [-0.05, 0) is 36.2 Å². The van der Waals surface area contributed by atoms with Gasteiger partial charge in [0.05, 0.1) is 6.04 Å². The standard InChI is InChI=1S/C8H15N5S/c1-6(4-5-9)14-8-10-11-12-13(8)7-2-3-7/h6-7H,2-5,9H2,1H3. The quantitative estimate of drug-likeness (QED) is 0.734. The molecule has 1 atom stereocenters. The van der Waals surface area contributed by atoms with Crippen molar-refractivity contribution in [1.82, 2.24) is 20.2 Å². The van der Waals surface area contributed by atoms with Crippen molar-refractivity contribution in [2.45, 2.75) is 42.6 Å². The maximum Gasteiger partial charge on any atom is 0.209 e. The molecular formula is C8H15N5S. The Morgan fingerprint density at radius 3 is 3.07 bits per heavy atom. The van der Waals surface area contributed by atoms with Crippen LogP contribution < -0.4 is 5.73 Å². The lowest BCUT2D eigenvalue weighted by atomic mass is 10.3. The number of nitrogens with two attached hydrogens (primary N) is 1. The Morgan fingerprint density at radius 2 is 2.43 bits per heavy atom. The van der Waals surface area contributed by atoms with Gasteiger partial charge in [0.25, 0.3) is 0 Å². The van der Waals surface area contributed by atoms with E-state index < -0.39 is 0 Å².